The van der Waals surface area contributed by atoms with Crippen LogP contribution in [0.4, 0.5) is 4.39 Å². The van der Waals surface area contributed by atoms with Crippen molar-refractivity contribution in [3.05, 3.63) is 62.3 Å². The van der Waals surface area contributed by atoms with Gasteiger partial charge in [-0.15, -0.1) is 0 Å². The molecule has 2 N–H and O–H groups in total. The van der Waals surface area contributed by atoms with Crippen LogP contribution in [-0.2, 0) is 0 Å². The highest BCUT2D eigenvalue weighted by Gasteiger charge is 2.05. The molecule has 0 aliphatic rings. The van der Waals surface area contributed by atoms with Gasteiger partial charge >= 0.3 is 0 Å². The summed E-state index contributed by atoms with van der Waals surface area (Å²) >= 11 is 6.39. The summed E-state index contributed by atoms with van der Waals surface area (Å²) in [5, 5.41) is 13.4. The molecular weight excluding hydrogens is 407 g/mol. The Morgan fingerprint density at radius 2 is 1.76 bits per heavy atom. The van der Waals surface area contributed by atoms with Crippen molar-refractivity contribution < 1.29 is 14.3 Å². The highest BCUT2D eigenvalue weighted by atomic mass is 79.9. The average Bonchev–Trinajstić information content (AvgIpc) is 2.45. The van der Waals surface area contributed by atoms with E-state index in [9.17, 15) is 14.3 Å². The smallest absolute Gasteiger partial charge is 0.271 e. The maximum absolute atomic E-state index is 12.7. The van der Waals surface area contributed by atoms with Crippen molar-refractivity contribution in [2.45, 2.75) is 0 Å². The Balaban J connectivity index is 2.05. The van der Waals surface area contributed by atoms with Gasteiger partial charge in [-0.2, -0.15) is 5.10 Å². The number of rotatable bonds is 3. The lowest BCUT2D eigenvalue weighted by molar-refractivity contribution is 0.0955. The van der Waals surface area contributed by atoms with Gasteiger partial charge < -0.3 is 5.11 Å². The molecule has 0 radical (unpaired) electrons. The molecule has 0 fully saturated rings. The third-order valence-electron chi connectivity index (χ3n) is 2.53. The summed E-state index contributed by atoms with van der Waals surface area (Å²) in [7, 11) is 0. The number of carbonyl (C=O) groups excluding carboxylic acids is 1. The van der Waals surface area contributed by atoms with Crippen LogP contribution < -0.4 is 5.43 Å². The van der Waals surface area contributed by atoms with Gasteiger partial charge in [0, 0.05) is 5.56 Å². The molecule has 2 aromatic carbocycles. The Morgan fingerprint density at radius 3 is 2.33 bits per heavy atom. The zero-order chi connectivity index (χ0) is 15.4. The van der Waals surface area contributed by atoms with Gasteiger partial charge in [0.2, 0.25) is 0 Å². The number of hydrazone groups is 1. The van der Waals surface area contributed by atoms with E-state index in [1.807, 2.05) is 0 Å². The summed E-state index contributed by atoms with van der Waals surface area (Å²) in [6.07, 6.45) is 1.43. The van der Waals surface area contributed by atoms with Crippen LogP contribution in [0.5, 0.6) is 5.75 Å². The Kier molecular flexibility index (Phi) is 5.08. The fraction of sp³-hybridized carbons (Fsp3) is 0. The first-order valence-corrected chi connectivity index (χ1v) is 7.33. The van der Waals surface area contributed by atoms with Crippen molar-refractivity contribution in [3.8, 4) is 5.75 Å². The van der Waals surface area contributed by atoms with Gasteiger partial charge in [-0.3, -0.25) is 4.79 Å². The van der Waals surface area contributed by atoms with E-state index in [1.165, 1.54) is 30.5 Å². The van der Waals surface area contributed by atoms with Crippen LogP contribution in [0, 0.1) is 5.82 Å². The lowest BCUT2D eigenvalue weighted by atomic mass is 10.2. The van der Waals surface area contributed by atoms with Crippen molar-refractivity contribution in [2.24, 2.45) is 5.10 Å². The standard InChI is InChI=1S/C14H9Br2FN2O2/c15-11-5-8(6-12(16)13(11)20)7-18-19-14(21)9-1-3-10(17)4-2-9/h1-7,20H,(H,19,21)/b18-7-. The predicted octanol–water partition coefficient (Wildman–Crippen LogP) is 3.82. The quantitative estimate of drug-likeness (QED) is 0.591. The fourth-order valence-electron chi connectivity index (χ4n) is 1.49. The fourth-order valence-corrected chi connectivity index (χ4v) is 2.71. The number of hydrogen-bond donors (Lipinski definition) is 2. The minimum absolute atomic E-state index is 0.0856. The number of aromatic hydroxyl groups is 1. The molecule has 4 nitrogen and oxygen atoms in total. The number of amides is 1. The first kappa shape index (κ1) is 15.7. The monoisotopic (exact) mass is 414 g/mol. The van der Waals surface area contributed by atoms with Crippen LogP contribution in [0.15, 0.2) is 50.4 Å². The molecule has 0 bridgehead atoms. The second-order valence-electron chi connectivity index (χ2n) is 4.04. The van der Waals surface area contributed by atoms with Gasteiger partial charge in [0.1, 0.15) is 11.6 Å². The number of nitrogens with one attached hydrogen (secondary N) is 1. The maximum atomic E-state index is 12.7. The van der Waals surface area contributed by atoms with E-state index in [0.717, 1.165) is 0 Å². The highest BCUT2D eigenvalue weighted by Crippen LogP contribution is 2.32. The molecule has 1 amide bonds. The van der Waals surface area contributed by atoms with Crippen LogP contribution in [0.25, 0.3) is 0 Å². The van der Waals surface area contributed by atoms with E-state index in [1.54, 1.807) is 12.1 Å². The van der Waals surface area contributed by atoms with Gasteiger partial charge in [0.15, 0.2) is 0 Å². The zero-order valence-corrected chi connectivity index (χ0v) is 13.7. The molecule has 0 aliphatic carbocycles. The minimum Gasteiger partial charge on any atom is -0.506 e. The molecule has 0 spiro atoms. The number of carbonyl (C=O) groups is 1. The van der Waals surface area contributed by atoms with Crippen LogP contribution in [0.1, 0.15) is 15.9 Å². The SMILES string of the molecule is O=C(N/N=C\c1cc(Br)c(O)c(Br)c1)c1ccc(F)cc1. The number of hydrogen-bond acceptors (Lipinski definition) is 3. The summed E-state index contributed by atoms with van der Waals surface area (Å²) in [6.45, 7) is 0. The summed E-state index contributed by atoms with van der Waals surface area (Å²) in [4.78, 5) is 11.7. The summed E-state index contributed by atoms with van der Waals surface area (Å²) in [5.74, 6) is -0.764. The summed E-state index contributed by atoms with van der Waals surface area (Å²) in [5.41, 5.74) is 3.31. The van der Waals surface area contributed by atoms with E-state index < -0.39 is 11.7 Å². The molecule has 0 atom stereocenters. The largest absolute Gasteiger partial charge is 0.506 e. The molecule has 2 aromatic rings. The van der Waals surface area contributed by atoms with Crippen molar-refractivity contribution in [2.75, 3.05) is 0 Å². The molecule has 108 valence electrons. The second-order valence-corrected chi connectivity index (χ2v) is 5.75. The third-order valence-corrected chi connectivity index (χ3v) is 3.73. The van der Waals surface area contributed by atoms with E-state index in [-0.39, 0.29) is 5.75 Å². The molecule has 0 saturated heterocycles. The Hall–Kier alpha value is -1.73. The zero-order valence-electron chi connectivity index (χ0n) is 10.5. The van der Waals surface area contributed by atoms with Gasteiger partial charge in [-0.25, -0.2) is 9.82 Å². The minimum atomic E-state index is -0.442. The first-order valence-electron chi connectivity index (χ1n) is 5.74. The lowest BCUT2D eigenvalue weighted by Crippen LogP contribution is -2.17. The number of nitrogens with zero attached hydrogens (tertiary/aromatic N) is 1. The van der Waals surface area contributed by atoms with Gasteiger partial charge in [0.05, 0.1) is 15.2 Å². The lowest BCUT2D eigenvalue weighted by Gasteiger charge is -2.02. The average molecular weight is 416 g/mol. The summed E-state index contributed by atoms with van der Waals surface area (Å²) < 4.78 is 13.7. The molecule has 0 aliphatic heterocycles. The van der Waals surface area contributed by atoms with E-state index in [4.69, 9.17) is 0 Å². The Bertz CT molecular complexity index is 680. The van der Waals surface area contributed by atoms with Crippen molar-refractivity contribution >= 4 is 44.0 Å². The molecule has 21 heavy (non-hydrogen) atoms. The summed E-state index contributed by atoms with van der Waals surface area (Å²) in [6, 6.07) is 8.43. The Morgan fingerprint density at radius 1 is 1.19 bits per heavy atom. The number of phenols is 1. The van der Waals surface area contributed by atoms with E-state index in [0.29, 0.717) is 20.1 Å². The van der Waals surface area contributed by atoms with Crippen molar-refractivity contribution in [3.63, 3.8) is 0 Å². The number of benzene rings is 2. The molecule has 2 rings (SSSR count). The van der Waals surface area contributed by atoms with Crippen LogP contribution in [0.3, 0.4) is 0 Å². The highest BCUT2D eigenvalue weighted by molar-refractivity contribution is 9.11. The molecule has 0 unspecified atom stereocenters. The number of halogens is 3. The van der Waals surface area contributed by atoms with Crippen LogP contribution >= 0.6 is 31.9 Å². The van der Waals surface area contributed by atoms with E-state index >= 15 is 0 Å². The topological polar surface area (TPSA) is 61.7 Å². The normalized spacial score (nSPS) is 10.8. The maximum Gasteiger partial charge on any atom is 0.271 e. The van der Waals surface area contributed by atoms with E-state index in [2.05, 4.69) is 42.4 Å². The molecule has 0 saturated carbocycles. The second kappa shape index (κ2) is 6.82. The van der Waals surface area contributed by atoms with Crippen molar-refractivity contribution in [1.82, 2.24) is 5.43 Å². The molecule has 0 heterocycles. The molecule has 7 heteroatoms. The van der Waals surface area contributed by atoms with Gasteiger partial charge in [0.25, 0.3) is 5.91 Å². The number of phenolic OH excluding ortho intramolecular Hbond substituents is 1. The Labute approximate surface area is 136 Å². The molecule has 0 aromatic heterocycles. The van der Waals surface area contributed by atoms with Crippen LogP contribution in [-0.4, -0.2) is 17.2 Å². The predicted molar refractivity (Wildman–Crippen MR) is 85.0 cm³/mol. The van der Waals surface area contributed by atoms with Crippen molar-refractivity contribution in [1.29, 1.82) is 0 Å². The van der Waals surface area contributed by atoms with Gasteiger partial charge in [-0.05, 0) is 73.8 Å². The first-order chi connectivity index (χ1) is 9.97. The van der Waals surface area contributed by atoms with Gasteiger partial charge in [-0.1, -0.05) is 0 Å². The molecular formula is C14H9Br2FN2O2. The third kappa shape index (κ3) is 4.12. The van der Waals surface area contributed by atoms with Crippen LogP contribution in [0.2, 0.25) is 0 Å².